The van der Waals surface area contributed by atoms with Gasteiger partial charge in [0.2, 0.25) is 0 Å². The predicted octanol–water partition coefficient (Wildman–Crippen LogP) is 3.05. The zero-order valence-corrected chi connectivity index (χ0v) is 11.9. The molecule has 0 bridgehead atoms. The van der Waals surface area contributed by atoms with Crippen molar-refractivity contribution < 1.29 is 14.3 Å². The molecule has 1 fully saturated rings. The van der Waals surface area contributed by atoms with Gasteiger partial charge in [0.1, 0.15) is 5.82 Å². The zero-order valence-electron chi connectivity index (χ0n) is 11.9. The number of hydrogen-bond donors (Lipinski definition) is 2. The Kier molecular flexibility index (Phi) is 5.12. The van der Waals surface area contributed by atoms with Crippen LogP contribution >= 0.6 is 0 Å². The summed E-state index contributed by atoms with van der Waals surface area (Å²) in [5.74, 6) is -1.01. The molecule has 2 rings (SSSR count). The van der Waals surface area contributed by atoms with E-state index >= 15 is 0 Å². The average Bonchev–Trinajstić information content (AvgIpc) is 2.86. The van der Waals surface area contributed by atoms with Gasteiger partial charge < -0.3 is 10.4 Å². The number of carboxylic acids is 1. The van der Waals surface area contributed by atoms with Crippen LogP contribution in [0, 0.1) is 12.7 Å². The first kappa shape index (κ1) is 15.0. The number of nitrogens with one attached hydrogen (secondary N) is 1. The Morgan fingerprint density at radius 1 is 1.45 bits per heavy atom. The van der Waals surface area contributed by atoms with E-state index in [0.29, 0.717) is 18.0 Å². The van der Waals surface area contributed by atoms with Gasteiger partial charge in [-0.15, -0.1) is 0 Å². The maximum absolute atomic E-state index is 13.3. The molecule has 0 aliphatic heterocycles. The quantitative estimate of drug-likeness (QED) is 0.841. The predicted molar refractivity (Wildman–Crippen MR) is 76.3 cm³/mol. The van der Waals surface area contributed by atoms with Crippen LogP contribution in [0.5, 0.6) is 0 Å². The third-order valence-corrected chi connectivity index (χ3v) is 3.95. The molecule has 0 radical (unpaired) electrons. The number of halogens is 1. The van der Waals surface area contributed by atoms with Crippen LogP contribution in [0.25, 0.3) is 0 Å². The fraction of sp³-hybridized carbons (Fsp3) is 0.562. The molecule has 2 N–H and O–H groups in total. The van der Waals surface area contributed by atoms with Gasteiger partial charge in [0.25, 0.3) is 0 Å². The third-order valence-electron chi connectivity index (χ3n) is 3.95. The second kappa shape index (κ2) is 6.84. The van der Waals surface area contributed by atoms with E-state index in [9.17, 15) is 9.18 Å². The van der Waals surface area contributed by atoms with E-state index < -0.39 is 5.97 Å². The molecule has 1 aromatic carbocycles. The number of hydrogen-bond acceptors (Lipinski definition) is 2. The van der Waals surface area contributed by atoms with Crippen molar-refractivity contribution in [1.82, 2.24) is 5.32 Å². The number of benzene rings is 1. The van der Waals surface area contributed by atoms with Gasteiger partial charge in [0.15, 0.2) is 0 Å². The molecule has 0 amide bonds. The minimum absolute atomic E-state index is 0.0829. The molecule has 0 spiro atoms. The number of aliphatic carboxylic acids is 1. The van der Waals surface area contributed by atoms with Crippen LogP contribution in [0.1, 0.15) is 43.2 Å². The molecule has 1 atom stereocenters. The number of aryl methyl sites for hydroxylation is 1. The van der Waals surface area contributed by atoms with E-state index in [-0.39, 0.29) is 18.3 Å². The lowest BCUT2D eigenvalue weighted by molar-refractivity contribution is -0.137. The molecule has 0 saturated heterocycles. The van der Waals surface area contributed by atoms with Gasteiger partial charge in [0.05, 0.1) is 6.42 Å². The summed E-state index contributed by atoms with van der Waals surface area (Å²) in [5.41, 5.74) is 1.60. The minimum Gasteiger partial charge on any atom is -0.481 e. The van der Waals surface area contributed by atoms with Gasteiger partial charge >= 0.3 is 5.97 Å². The molecule has 1 saturated carbocycles. The van der Waals surface area contributed by atoms with E-state index in [4.69, 9.17) is 5.11 Å². The maximum atomic E-state index is 13.3. The lowest BCUT2D eigenvalue weighted by Gasteiger charge is -2.22. The summed E-state index contributed by atoms with van der Waals surface area (Å²) in [6.07, 6.45) is 5.41. The van der Waals surface area contributed by atoms with Gasteiger partial charge in [-0.3, -0.25) is 4.79 Å². The van der Waals surface area contributed by atoms with Gasteiger partial charge in [-0.05, 0) is 43.4 Å². The smallest absolute Gasteiger partial charge is 0.304 e. The molecule has 4 heteroatoms. The Labute approximate surface area is 119 Å². The highest BCUT2D eigenvalue weighted by atomic mass is 19.1. The molecule has 1 aliphatic carbocycles. The standard InChI is InChI=1S/C16H22FNO2/c1-11-8-12(6-7-15(11)17)9-14(10-16(19)20)18-13-4-2-3-5-13/h6-8,13-14,18H,2-5,9-10H2,1H3,(H,19,20). The highest BCUT2D eigenvalue weighted by Gasteiger charge is 2.21. The minimum atomic E-state index is -0.792. The molecule has 20 heavy (non-hydrogen) atoms. The fourth-order valence-electron chi connectivity index (χ4n) is 2.94. The van der Waals surface area contributed by atoms with Gasteiger partial charge in [-0.2, -0.15) is 0 Å². The van der Waals surface area contributed by atoms with Gasteiger partial charge in [-0.1, -0.05) is 25.0 Å². The molecular weight excluding hydrogens is 257 g/mol. The lowest BCUT2D eigenvalue weighted by atomic mass is 10.0. The average molecular weight is 279 g/mol. The molecule has 0 heterocycles. The van der Waals surface area contributed by atoms with E-state index in [0.717, 1.165) is 18.4 Å². The van der Waals surface area contributed by atoms with Crippen LogP contribution in [0.3, 0.4) is 0 Å². The molecule has 110 valence electrons. The molecule has 3 nitrogen and oxygen atoms in total. The van der Waals surface area contributed by atoms with Crippen molar-refractivity contribution in [3.63, 3.8) is 0 Å². The van der Waals surface area contributed by atoms with Crippen molar-refractivity contribution >= 4 is 5.97 Å². The van der Waals surface area contributed by atoms with Crippen molar-refractivity contribution in [1.29, 1.82) is 0 Å². The largest absolute Gasteiger partial charge is 0.481 e. The van der Waals surface area contributed by atoms with Crippen LogP contribution in [-0.2, 0) is 11.2 Å². The van der Waals surface area contributed by atoms with Crippen molar-refractivity contribution in [2.45, 2.75) is 57.5 Å². The van der Waals surface area contributed by atoms with Crippen molar-refractivity contribution in [2.75, 3.05) is 0 Å². The van der Waals surface area contributed by atoms with Crippen LogP contribution in [0.4, 0.5) is 4.39 Å². The van der Waals surface area contributed by atoms with E-state index in [2.05, 4.69) is 5.32 Å². The molecular formula is C16H22FNO2. The van der Waals surface area contributed by atoms with Crippen LogP contribution in [-0.4, -0.2) is 23.2 Å². The highest BCUT2D eigenvalue weighted by Crippen LogP contribution is 2.20. The number of carboxylic acid groups (broad SMARTS) is 1. The summed E-state index contributed by atoms with van der Waals surface area (Å²) < 4.78 is 13.3. The van der Waals surface area contributed by atoms with Crippen LogP contribution < -0.4 is 5.32 Å². The second-order valence-corrected chi connectivity index (χ2v) is 5.73. The van der Waals surface area contributed by atoms with E-state index in [1.807, 2.05) is 0 Å². The monoisotopic (exact) mass is 279 g/mol. The Bertz CT molecular complexity index is 470. The SMILES string of the molecule is Cc1cc(CC(CC(=O)O)NC2CCCC2)ccc1F. The van der Waals surface area contributed by atoms with Crippen molar-refractivity contribution in [3.05, 3.63) is 35.1 Å². The summed E-state index contributed by atoms with van der Waals surface area (Å²) in [5, 5.41) is 12.5. The Balaban J connectivity index is 2.01. The van der Waals surface area contributed by atoms with E-state index in [1.54, 1.807) is 19.1 Å². The van der Waals surface area contributed by atoms with E-state index in [1.165, 1.54) is 18.9 Å². The highest BCUT2D eigenvalue weighted by molar-refractivity contribution is 5.67. The Hall–Kier alpha value is -1.42. The summed E-state index contributed by atoms with van der Waals surface area (Å²) in [7, 11) is 0. The molecule has 1 aliphatic rings. The first-order chi connectivity index (χ1) is 9.54. The number of carbonyl (C=O) groups is 1. The first-order valence-electron chi connectivity index (χ1n) is 7.27. The summed E-state index contributed by atoms with van der Waals surface area (Å²) >= 11 is 0. The third kappa shape index (κ3) is 4.30. The van der Waals surface area contributed by atoms with Crippen molar-refractivity contribution in [2.24, 2.45) is 0 Å². The summed E-state index contributed by atoms with van der Waals surface area (Å²) in [4.78, 5) is 11.0. The lowest BCUT2D eigenvalue weighted by Crippen LogP contribution is -2.39. The summed E-state index contributed by atoms with van der Waals surface area (Å²) in [6.45, 7) is 1.73. The Morgan fingerprint density at radius 3 is 2.75 bits per heavy atom. The Morgan fingerprint density at radius 2 is 2.15 bits per heavy atom. The second-order valence-electron chi connectivity index (χ2n) is 5.73. The van der Waals surface area contributed by atoms with Gasteiger partial charge in [-0.25, -0.2) is 4.39 Å². The molecule has 1 unspecified atom stereocenters. The van der Waals surface area contributed by atoms with Crippen LogP contribution in [0.2, 0.25) is 0 Å². The van der Waals surface area contributed by atoms with Gasteiger partial charge in [0, 0.05) is 12.1 Å². The zero-order chi connectivity index (χ0) is 14.5. The number of rotatable bonds is 6. The molecule has 1 aromatic rings. The fourth-order valence-corrected chi connectivity index (χ4v) is 2.94. The summed E-state index contributed by atoms with van der Waals surface area (Å²) in [6, 6.07) is 5.35. The van der Waals surface area contributed by atoms with Crippen LogP contribution in [0.15, 0.2) is 18.2 Å². The van der Waals surface area contributed by atoms with Crippen molar-refractivity contribution in [3.8, 4) is 0 Å². The maximum Gasteiger partial charge on any atom is 0.304 e. The first-order valence-corrected chi connectivity index (χ1v) is 7.27. The normalized spacial score (nSPS) is 17.3. The topological polar surface area (TPSA) is 49.3 Å². The molecule has 0 aromatic heterocycles.